The van der Waals surface area contributed by atoms with Crippen molar-refractivity contribution in [2.45, 2.75) is 17.4 Å². The van der Waals surface area contributed by atoms with Crippen molar-refractivity contribution in [3.05, 3.63) is 53.6 Å². The van der Waals surface area contributed by atoms with Gasteiger partial charge >= 0.3 is 0 Å². The molecule has 3 N–H and O–H groups in total. The Hall–Kier alpha value is -2.60. The van der Waals surface area contributed by atoms with E-state index in [0.29, 0.717) is 16.4 Å². The average Bonchev–Trinajstić information content (AvgIpc) is 2.63. The van der Waals surface area contributed by atoms with E-state index in [1.807, 2.05) is 0 Å². The standard InChI is InChI=1S/C16H14Cl3N7O/c1-16(18,19)14(25-13(27)10-3-2-6-21-7-10)26-15(23-9-20)24-11-4-5-12(17)22-8-11/h2-8,14H,1H3,(H,25,27)(H2,23,24,26). The Morgan fingerprint density at radius 3 is 2.63 bits per heavy atom. The number of nitrogens with zero attached hydrogens (tertiary/aromatic N) is 4. The molecule has 2 rings (SSSR count). The fourth-order valence-corrected chi connectivity index (χ4v) is 2.20. The van der Waals surface area contributed by atoms with E-state index >= 15 is 0 Å². The molecule has 0 saturated heterocycles. The summed E-state index contributed by atoms with van der Waals surface area (Å²) in [4.78, 5) is 23.8. The molecule has 0 aliphatic heterocycles. The van der Waals surface area contributed by atoms with Crippen molar-refractivity contribution in [2.75, 3.05) is 5.32 Å². The van der Waals surface area contributed by atoms with Gasteiger partial charge in [0.05, 0.1) is 17.4 Å². The number of anilines is 1. The SMILES string of the molecule is CC(Cl)(Cl)C(NC(=O)c1cccnc1)N/C(=N\C#N)Nc1ccc(Cl)nc1. The van der Waals surface area contributed by atoms with E-state index in [1.54, 1.807) is 36.7 Å². The number of rotatable bonds is 5. The Morgan fingerprint density at radius 1 is 1.30 bits per heavy atom. The van der Waals surface area contributed by atoms with E-state index in [-0.39, 0.29) is 5.96 Å². The van der Waals surface area contributed by atoms with Crippen molar-refractivity contribution in [2.24, 2.45) is 4.99 Å². The highest BCUT2D eigenvalue weighted by Gasteiger charge is 2.32. The first-order chi connectivity index (χ1) is 12.8. The summed E-state index contributed by atoms with van der Waals surface area (Å²) in [6.45, 7) is 1.48. The number of hydrogen-bond acceptors (Lipinski definition) is 5. The van der Waals surface area contributed by atoms with Gasteiger partial charge in [0, 0.05) is 12.4 Å². The summed E-state index contributed by atoms with van der Waals surface area (Å²) < 4.78 is -1.44. The maximum atomic E-state index is 12.4. The smallest absolute Gasteiger partial charge is 0.254 e. The molecule has 1 atom stereocenters. The number of nitriles is 1. The average molecular weight is 427 g/mol. The Kier molecular flexibility index (Phi) is 7.19. The van der Waals surface area contributed by atoms with Crippen molar-refractivity contribution >= 4 is 52.4 Å². The molecule has 0 saturated carbocycles. The van der Waals surface area contributed by atoms with Crippen molar-refractivity contribution < 1.29 is 4.79 Å². The van der Waals surface area contributed by atoms with Gasteiger partial charge in [-0.3, -0.25) is 9.78 Å². The first-order valence-corrected chi connectivity index (χ1v) is 8.63. The predicted molar refractivity (Wildman–Crippen MR) is 105 cm³/mol. The first kappa shape index (κ1) is 20.7. The van der Waals surface area contributed by atoms with Crippen LogP contribution in [0.2, 0.25) is 5.15 Å². The van der Waals surface area contributed by atoms with Crippen LogP contribution in [0.25, 0.3) is 0 Å². The highest BCUT2D eigenvalue weighted by atomic mass is 35.5. The summed E-state index contributed by atoms with van der Waals surface area (Å²) in [5, 5.41) is 17.5. The van der Waals surface area contributed by atoms with E-state index in [1.165, 1.54) is 19.3 Å². The van der Waals surface area contributed by atoms with Crippen LogP contribution in [0, 0.1) is 11.5 Å². The van der Waals surface area contributed by atoms with Crippen LogP contribution in [0.1, 0.15) is 17.3 Å². The third kappa shape index (κ3) is 6.57. The maximum absolute atomic E-state index is 12.4. The lowest BCUT2D eigenvalue weighted by molar-refractivity contribution is 0.0930. The number of aromatic nitrogens is 2. The Labute approximate surface area is 170 Å². The molecule has 1 amide bonds. The Bertz CT molecular complexity index is 845. The van der Waals surface area contributed by atoms with Gasteiger partial charge in [0.1, 0.15) is 11.3 Å². The number of amides is 1. The molecule has 27 heavy (non-hydrogen) atoms. The van der Waals surface area contributed by atoms with Crippen LogP contribution >= 0.6 is 34.8 Å². The molecule has 0 aromatic carbocycles. The van der Waals surface area contributed by atoms with Gasteiger partial charge in [0.2, 0.25) is 12.2 Å². The molecule has 2 aromatic rings. The van der Waals surface area contributed by atoms with Crippen LogP contribution in [-0.4, -0.2) is 32.3 Å². The maximum Gasteiger partial charge on any atom is 0.254 e. The predicted octanol–water partition coefficient (Wildman–Crippen LogP) is 2.92. The minimum atomic E-state index is -1.44. The van der Waals surface area contributed by atoms with Crippen LogP contribution in [0.4, 0.5) is 5.69 Å². The lowest BCUT2D eigenvalue weighted by Gasteiger charge is -2.29. The molecule has 0 bridgehead atoms. The number of hydrogen-bond donors (Lipinski definition) is 3. The van der Waals surface area contributed by atoms with Gasteiger partial charge in [-0.25, -0.2) is 4.98 Å². The third-order valence-corrected chi connectivity index (χ3v) is 3.80. The summed E-state index contributed by atoms with van der Waals surface area (Å²) in [5.74, 6) is -0.455. The molecule has 2 aromatic heterocycles. The molecule has 0 aliphatic carbocycles. The summed E-state index contributed by atoms with van der Waals surface area (Å²) in [6, 6.07) is 6.40. The normalized spacial score (nSPS) is 12.6. The zero-order chi connectivity index (χ0) is 19.9. The number of halogens is 3. The van der Waals surface area contributed by atoms with Crippen molar-refractivity contribution in [3.63, 3.8) is 0 Å². The quantitative estimate of drug-likeness (QED) is 0.169. The van der Waals surface area contributed by atoms with E-state index < -0.39 is 16.4 Å². The highest BCUT2D eigenvalue weighted by molar-refractivity contribution is 6.48. The summed E-state index contributed by atoms with van der Waals surface area (Å²) in [7, 11) is 0. The zero-order valence-electron chi connectivity index (χ0n) is 13.9. The Balaban J connectivity index is 2.17. The van der Waals surface area contributed by atoms with Crippen LogP contribution < -0.4 is 16.0 Å². The fraction of sp³-hybridized carbons (Fsp3) is 0.188. The largest absolute Gasteiger partial charge is 0.332 e. The number of carbonyl (C=O) groups is 1. The topological polar surface area (TPSA) is 115 Å². The van der Waals surface area contributed by atoms with E-state index in [4.69, 9.17) is 40.1 Å². The molecule has 1 unspecified atom stereocenters. The van der Waals surface area contributed by atoms with Crippen molar-refractivity contribution in [1.82, 2.24) is 20.6 Å². The fourth-order valence-electron chi connectivity index (χ4n) is 1.87. The zero-order valence-corrected chi connectivity index (χ0v) is 16.2. The lowest BCUT2D eigenvalue weighted by atomic mass is 10.2. The molecule has 2 heterocycles. The second-order valence-electron chi connectivity index (χ2n) is 5.30. The van der Waals surface area contributed by atoms with Gasteiger partial charge in [-0.15, -0.1) is 4.99 Å². The molecule has 0 radical (unpaired) electrons. The first-order valence-electron chi connectivity index (χ1n) is 7.50. The number of carbonyl (C=O) groups excluding carboxylic acids is 1. The van der Waals surface area contributed by atoms with Gasteiger partial charge in [-0.2, -0.15) is 5.26 Å². The third-order valence-electron chi connectivity index (χ3n) is 3.14. The minimum absolute atomic E-state index is 0.00522. The highest BCUT2D eigenvalue weighted by Crippen LogP contribution is 2.23. The van der Waals surface area contributed by atoms with Crippen molar-refractivity contribution in [1.29, 1.82) is 5.26 Å². The number of aliphatic imine (C=N–C) groups is 1. The number of alkyl halides is 2. The van der Waals surface area contributed by atoms with Gasteiger partial charge in [0.25, 0.3) is 5.91 Å². The van der Waals surface area contributed by atoms with Gasteiger partial charge in [0.15, 0.2) is 4.33 Å². The Morgan fingerprint density at radius 2 is 2.07 bits per heavy atom. The second kappa shape index (κ2) is 9.37. The molecule has 140 valence electrons. The summed E-state index contributed by atoms with van der Waals surface area (Å²) >= 11 is 18.1. The van der Waals surface area contributed by atoms with E-state index in [9.17, 15) is 4.79 Å². The lowest BCUT2D eigenvalue weighted by Crippen LogP contribution is -2.57. The van der Waals surface area contributed by atoms with Crippen LogP contribution in [0.5, 0.6) is 0 Å². The molecule has 8 nitrogen and oxygen atoms in total. The van der Waals surface area contributed by atoms with Crippen LogP contribution in [-0.2, 0) is 0 Å². The number of guanidine groups is 1. The second-order valence-corrected chi connectivity index (χ2v) is 7.45. The number of nitrogens with one attached hydrogen (secondary N) is 3. The minimum Gasteiger partial charge on any atom is -0.332 e. The molecular weight excluding hydrogens is 413 g/mol. The molecule has 0 spiro atoms. The molecule has 11 heteroatoms. The van der Waals surface area contributed by atoms with Crippen LogP contribution in [0.3, 0.4) is 0 Å². The van der Waals surface area contributed by atoms with Crippen LogP contribution in [0.15, 0.2) is 47.8 Å². The van der Waals surface area contributed by atoms with Gasteiger partial charge in [-0.05, 0) is 31.2 Å². The summed E-state index contributed by atoms with van der Waals surface area (Å²) in [6.07, 6.45) is 5.04. The van der Waals surface area contributed by atoms with Crippen molar-refractivity contribution in [3.8, 4) is 6.19 Å². The monoisotopic (exact) mass is 425 g/mol. The number of pyridine rings is 2. The molecular formula is C16H14Cl3N7O. The van der Waals surface area contributed by atoms with Gasteiger partial charge < -0.3 is 16.0 Å². The van der Waals surface area contributed by atoms with E-state index in [0.717, 1.165) is 0 Å². The molecule has 0 aliphatic rings. The van der Waals surface area contributed by atoms with E-state index in [2.05, 4.69) is 30.9 Å². The van der Waals surface area contributed by atoms with Gasteiger partial charge in [-0.1, -0.05) is 34.8 Å². The summed E-state index contributed by atoms with van der Waals surface area (Å²) in [5.41, 5.74) is 0.819. The molecule has 0 fully saturated rings.